The molecule has 2 nitrogen and oxygen atoms in total. The quantitative estimate of drug-likeness (QED) is 0.810. The summed E-state index contributed by atoms with van der Waals surface area (Å²) in [6.45, 7) is 8.70. The number of amides is 1. The van der Waals surface area contributed by atoms with Crippen LogP contribution in [-0.4, -0.2) is 17.8 Å². The van der Waals surface area contributed by atoms with Crippen molar-refractivity contribution in [3.63, 3.8) is 0 Å². The zero-order valence-corrected chi connectivity index (χ0v) is 12.3. The minimum absolute atomic E-state index is 0.000865. The molecule has 100 valence electrons. The van der Waals surface area contributed by atoms with Crippen LogP contribution in [0.1, 0.15) is 41.8 Å². The van der Waals surface area contributed by atoms with Gasteiger partial charge in [-0.05, 0) is 37.8 Å². The largest absolute Gasteiger partial charge is 0.351 e. The summed E-state index contributed by atoms with van der Waals surface area (Å²) in [5.74, 6) is 0.510. The monoisotopic (exact) mass is 267 g/mol. The molecule has 1 aromatic rings. The molecule has 1 aromatic carbocycles. The van der Waals surface area contributed by atoms with E-state index in [9.17, 15) is 4.79 Å². The van der Waals surface area contributed by atoms with Gasteiger partial charge in [-0.3, -0.25) is 4.79 Å². The first kappa shape index (κ1) is 15.0. The Labute approximate surface area is 115 Å². The number of rotatable bonds is 5. The number of carbonyl (C=O) groups is 1. The van der Waals surface area contributed by atoms with Gasteiger partial charge in [0.15, 0.2) is 0 Å². The van der Waals surface area contributed by atoms with E-state index in [-0.39, 0.29) is 11.3 Å². The van der Waals surface area contributed by atoms with Crippen LogP contribution in [-0.2, 0) is 0 Å². The fourth-order valence-electron chi connectivity index (χ4n) is 1.87. The highest BCUT2D eigenvalue weighted by atomic mass is 35.5. The molecule has 0 aromatic heterocycles. The van der Waals surface area contributed by atoms with Gasteiger partial charge >= 0.3 is 0 Å². The van der Waals surface area contributed by atoms with E-state index in [1.165, 1.54) is 0 Å². The SMILES string of the molecule is Cc1ccc(C)c(C(=O)NCC(Cl)CC(C)C)c1. The van der Waals surface area contributed by atoms with Crippen LogP contribution >= 0.6 is 11.6 Å². The van der Waals surface area contributed by atoms with Crippen LogP contribution in [0.3, 0.4) is 0 Å². The molecule has 1 rings (SSSR count). The predicted molar refractivity (Wildman–Crippen MR) is 77.3 cm³/mol. The number of aryl methyl sites for hydroxylation is 2. The van der Waals surface area contributed by atoms with Gasteiger partial charge < -0.3 is 5.32 Å². The summed E-state index contributed by atoms with van der Waals surface area (Å²) in [6, 6.07) is 5.89. The number of benzene rings is 1. The summed E-state index contributed by atoms with van der Waals surface area (Å²) in [7, 11) is 0. The number of halogens is 1. The second-order valence-corrected chi connectivity index (χ2v) is 5.87. The van der Waals surface area contributed by atoms with Crippen molar-refractivity contribution in [1.82, 2.24) is 5.32 Å². The number of nitrogens with one attached hydrogen (secondary N) is 1. The topological polar surface area (TPSA) is 29.1 Å². The van der Waals surface area contributed by atoms with E-state index >= 15 is 0 Å². The maximum absolute atomic E-state index is 12.0. The number of hydrogen-bond donors (Lipinski definition) is 1. The van der Waals surface area contributed by atoms with Crippen molar-refractivity contribution in [1.29, 1.82) is 0 Å². The highest BCUT2D eigenvalue weighted by Gasteiger charge is 2.12. The standard InChI is InChI=1S/C15H22ClNO/c1-10(2)7-13(16)9-17-15(18)14-8-11(3)5-6-12(14)4/h5-6,8,10,13H,7,9H2,1-4H3,(H,17,18). The van der Waals surface area contributed by atoms with Crippen LogP contribution in [0.25, 0.3) is 0 Å². The Kier molecular flexibility index (Phi) is 5.67. The fraction of sp³-hybridized carbons (Fsp3) is 0.533. The van der Waals surface area contributed by atoms with Gasteiger partial charge in [0.05, 0.1) is 5.38 Å². The molecular formula is C15H22ClNO. The summed E-state index contributed by atoms with van der Waals surface area (Å²) >= 11 is 6.16. The Hall–Kier alpha value is -1.02. The molecule has 3 heteroatoms. The van der Waals surface area contributed by atoms with Gasteiger partial charge in [-0.2, -0.15) is 0 Å². The van der Waals surface area contributed by atoms with Crippen molar-refractivity contribution < 1.29 is 4.79 Å². The summed E-state index contributed by atoms with van der Waals surface area (Å²) < 4.78 is 0. The van der Waals surface area contributed by atoms with Gasteiger partial charge in [-0.15, -0.1) is 11.6 Å². The van der Waals surface area contributed by atoms with Gasteiger partial charge in [0.1, 0.15) is 0 Å². The van der Waals surface area contributed by atoms with Gasteiger partial charge in [0.25, 0.3) is 5.91 Å². The Morgan fingerprint density at radius 1 is 1.33 bits per heavy atom. The van der Waals surface area contributed by atoms with Crippen LogP contribution in [0, 0.1) is 19.8 Å². The van der Waals surface area contributed by atoms with E-state index in [2.05, 4.69) is 19.2 Å². The first-order chi connectivity index (χ1) is 8.40. The lowest BCUT2D eigenvalue weighted by molar-refractivity contribution is 0.0952. The lowest BCUT2D eigenvalue weighted by atomic mass is 10.0. The molecule has 0 bridgehead atoms. The summed E-state index contributed by atoms with van der Waals surface area (Å²) in [6.07, 6.45) is 0.911. The molecule has 0 aliphatic rings. The molecule has 1 N–H and O–H groups in total. The van der Waals surface area contributed by atoms with Crippen LogP contribution in [0.2, 0.25) is 0 Å². The molecule has 1 atom stereocenters. The van der Waals surface area contributed by atoms with Crippen molar-refractivity contribution in [3.8, 4) is 0 Å². The highest BCUT2D eigenvalue weighted by Crippen LogP contribution is 2.12. The van der Waals surface area contributed by atoms with Crippen molar-refractivity contribution in [3.05, 3.63) is 34.9 Å². The zero-order valence-electron chi connectivity index (χ0n) is 11.6. The van der Waals surface area contributed by atoms with E-state index < -0.39 is 0 Å². The predicted octanol–water partition coefficient (Wildman–Crippen LogP) is 3.69. The van der Waals surface area contributed by atoms with E-state index in [0.29, 0.717) is 12.5 Å². The van der Waals surface area contributed by atoms with Gasteiger partial charge in [-0.25, -0.2) is 0 Å². The first-order valence-corrected chi connectivity index (χ1v) is 6.83. The van der Waals surface area contributed by atoms with Gasteiger partial charge in [0.2, 0.25) is 0 Å². The lowest BCUT2D eigenvalue weighted by Crippen LogP contribution is -2.30. The van der Waals surface area contributed by atoms with Gasteiger partial charge in [-0.1, -0.05) is 31.5 Å². The molecule has 0 saturated heterocycles. The van der Waals surface area contributed by atoms with Crippen LogP contribution in [0.15, 0.2) is 18.2 Å². The second-order valence-electron chi connectivity index (χ2n) is 5.26. The van der Waals surface area contributed by atoms with Crippen LogP contribution in [0.4, 0.5) is 0 Å². The third-order valence-corrected chi connectivity index (χ3v) is 3.18. The molecular weight excluding hydrogens is 246 g/mol. The zero-order chi connectivity index (χ0) is 13.7. The van der Waals surface area contributed by atoms with E-state index in [1.54, 1.807) is 0 Å². The van der Waals surface area contributed by atoms with Crippen LogP contribution in [0.5, 0.6) is 0 Å². The summed E-state index contributed by atoms with van der Waals surface area (Å²) in [5.41, 5.74) is 2.83. The average molecular weight is 268 g/mol. The number of hydrogen-bond acceptors (Lipinski definition) is 1. The molecule has 0 radical (unpaired) electrons. The van der Waals surface area contributed by atoms with E-state index in [0.717, 1.165) is 23.1 Å². The van der Waals surface area contributed by atoms with Crippen LogP contribution < -0.4 is 5.32 Å². The maximum Gasteiger partial charge on any atom is 0.251 e. The molecule has 0 spiro atoms. The minimum Gasteiger partial charge on any atom is -0.351 e. The molecule has 0 aliphatic carbocycles. The minimum atomic E-state index is -0.0365. The second kappa shape index (κ2) is 6.79. The third-order valence-electron chi connectivity index (χ3n) is 2.85. The molecule has 0 saturated carbocycles. The molecule has 1 unspecified atom stereocenters. The first-order valence-electron chi connectivity index (χ1n) is 6.39. The molecule has 18 heavy (non-hydrogen) atoms. The Bertz CT molecular complexity index is 415. The Morgan fingerprint density at radius 3 is 2.61 bits per heavy atom. The third kappa shape index (κ3) is 4.69. The number of carbonyl (C=O) groups excluding carboxylic acids is 1. The van der Waals surface area contributed by atoms with Crippen molar-refractivity contribution >= 4 is 17.5 Å². The molecule has 1 amide bonds. The molecule has 0 aliphatic heterocycles. The molecule has 0 heterocycles. The Morgan fingerprint density at radius 2 is 2.00 bits per heavy atom. The van der Waals surface area contributed by atoms with Crippen molar-refractivity contribution in [2.75, 3.05) is 6.54 Å². The normalized spacial score (nSPS) is 12.6. The molecule has 0 fully saturated rings. The van der Waals surface area contributed by atoms with E-state index in [4.69, 9.17) is 11.6 Å². The number of alkyl halides is 1. The van der Waals surface area contributed by atoms with Crippen molar-refractivity contribution in [2.45, 2.75) is 39.5 Å². The summed E-state index contributed by atoms with van der Waals surface area (Å²) in [5, 5.41) is 2.90. The maximum atomic E-state index is 12.0. The van der Waals surface area contributed by atoms with E-state index in [1.807, 2.05) is 32.0 Å². The fourth-order valence-corrected chi connectivity index (χ4v) is 2.31. The Balaban J connectivity index is 2.58. The average Bonchev–Trinajstić information content (AvgIpc) is 2.28. The summed E-state index contributed by atoms with van der Waals surface area (Å²) in [4.78, 5) is 12.0. The van der Waals surface area contributed by atoms with Crippen molar-refractivity contribution in [2.24, 2.45) is 5.92 Å². The highest BCUT2D eigenvalue weighted by molar-refractivity contribution is 6.21. The smallest absolute Gasteiger partial charge is 0.251 e. The lowest BCUT2D eigenvalue weighted by Gasteiger charge is -2.14. The van der Waals surface area contributed by atoms with Gasteiger partial charge in [0, 0.05) is 12.1 Å².